The molecule has 0 bridgehead atoms. The number of carboxylic acid groups (broad SMARTS) is 1. The van der Waals surface area contributed by atoms with Gasteiger partial charge in [0.2, 0.25) is 0 Å². The fourth-order valence-electron chi connectivity index (χ4n) is 4.51. The number of likely N-dealkylation sites (tertiary alicyclic amines) is 1. The van der Waals surface area contributed by atoms with Crippen molar-refractivity contribution in [3.8, 4) is 5.75 Å². The second-order valence-electron chi connectivity index (χ2n) is 9.44. The number of aliphatic carboxylic acids is 1. The van der Waals surface area contributed by atoms with Crippen LogP contribution in [0.15, 0.2) is 36.0 Å². The van der Waals surface area contributed by atoms with Gasteiger partial charge < -0.3 is 9.84 Å². The zero-order valence-corrected chi connectivity index (χ0v) is 19.8. The van der Waals surface area contributed by atoms with Crippen LogP contribution in [0.2, 0.25) is 5.02 Å². The van der Waals surface area contributed by atoms with Crippen LogP contribution in [0.1, 0.15) is 49.6 Å². The number of carboxylic acids is 1. The van der Waals surface area contributed by atoms with E-state index < -0.39 is 5.97 Å². The molecule has 1 aromatic carbocycles. The summed E-state index contributed by atoms with van der Waals surface area (Å²) in [6.07, 6.45) is 4.71. The number of benzene rings is 1. The smallest absolute Gasteiger partial charge is 0.309 e. The highest BCUT2D eigenvalue weighted by Crippen LogP contribution is 2.34. The van der Waals surface area contributed by atoms with E-state index in [0.29, 0.717) is 30.6 Å². The number of allylic oxidation sites excluding steroid dienone is 1. The molecule has 2 aromatic rings. The minimum atomic E-state index is -0.682. The molecule has 1 N–H and O–H groups in total. The summed E-state index contributed by atoms with van der Waals surface area (Å²) >= 11 is 6.40. The Kier molecular flexibility index (Phi) is 6.87. The maximum Gasteiger partial charge on any atom is 0.309 e. The normalized spacial score (nSPS) is 16.8. The van der Waals surface area contributed by atoms with Gasteiger partial charge in [-0.25, -0.2) is 0 Å². The number of aryl methyl sites for hydroxylation is 1. The van der Waals surface area contributed by atoms with E-state index in [4.69, 9.17) is 21.4 Å². The number of hydrogen-bond acceptors (Lipinski definition) is 4. The van der Waals surface area contributed by atoms with Gasteiger partial charge in [-0.3, -0.25) is 14.7 Å². The molecule has 1 aliphatic carbocycles. The molecule has 2 aliphatic rings. The van der Waals surface area contributed by atoms with Gasteiger partial charge in [0.1, 0.15) is 12.4 Å². The predicted octanol–water partition coefficient (Wildman–Crippen LogP) is 5.25. The second-order valence-corrected chi connectivity index (χ2v) is 9.84. The van der Waals surface area contributed by atoms with Crippen LogP contribution >= 0.6 is 11.6 Å². The molecular formula is C26H31ClN2O3. The monoisotopic (exact) mass is 454 g/mol. The average Bonchev–Trinajstić information content (AvgIpc) is 2.71. The molecule has 6 heteroatoms. The molecule has 32 heavy (non-hydrogen) atoms. The number of nitrogens with zero attached hydrogens (tertiary/aromatic N) is 2. The molecule has 1 saturated heterocycles. The summed E-state index contributed by atoms with van der Waals surface area (Å²) in [4.78, 5) is 17.8. The van der Waals surface area contributed by atoms with Gasteiger partial charge in [-0.2, -0.15) is 0 Å². The number of rotatable bonds is 8. The number of carbonyl (C=O) groups is 1. The zero-order valence-electron chi connectivity index (χ0n) is 19.0. The standard InChI is InChI=1S/C26H31ClN2O3/c1-16(2)8-25-24(27)9-18(11-28-25)15-32-22-6-7-23-17(3)20(5-4-19(23)10-22)12-29-13-21(14-29)26(30)31/h6-7,9-11,16,21H,4-5,8,12-15H2,1-3H3,(H,30,31). The number of halogens is 1. The Morgan fingerprint density at radius 3 is 2.75 bits per heavy atom. The lowest BCUT2D eigenvalue weighted by Crippen LogP contribution is -2.50. The molecule has 1 aromatic heterocycles. The molecule has 0 saturated carbocycles. The van der Waals surface area contributed by atoms with Crippen molar-refractivity contribution in [1.29, 1.82) is 0 Å². The number of hydrogen-bond donors (Lipinski definition) is 1. The molecule has 0 unspecified atom stereocenters. The number of pyridine rings is 1. The van der Waals surface area contributed by atoms with Gasteiger partial charge in [-0.05, 0) is 67.0 Å². The lowest BCUT2D eigenvalue weighted by molar-refractivity contribution is -0.147. The Hall–Kier alpha value is -2.37. The first-order valence-corrected chi connectivity index (χ1v) is 11.7. The summed E-state index contributed by atoms with van der Waals surface area (Å²) in [6.45, 7) is 9.11. The van der Waals surface area contributed by atoms with Crippen molar-refractivity contribution in [3.63, 3.8) is 0 Å². The van der Waals surface area contributed by atoms with Crippen LogP contribution in [0.4, 0.5) is 0 Å². The van der Waals surface area contributed by atoms with Crippen LogP contribution in [-0.2, 0) is 24.2 Å². The molecule has 0 spiro atoms. The predicted molar refractivity (Wildman–Crippen MR) is 127 cm³/mol. The van der Waals surface area contributed by atoms with Crippen LogP contribution < -0.4 is 4.74 Å². The van der Waals surface area contributed by atoms with Gasteiger partial charge in [-0.15, -0.1) is 0 Å². The fraction of sp³-hybridized carbons (Fsp3) is 0.462. The summed E-state index contributed by atoms with van der Waals surface area (Å²) in [5.74, 6) is 0.485. The lowest BCUT2D eigenvalue weighted by Gasteiger charge is -2.38. The van der Waals surface area contributed by atoms with Gasteiger partial charge in [0.25, 0.3) is 0 Å². The lowest BCUT2D eigenvalue weighted by atomic mass is 9.85. The van der Waals surface area contributed by atoms with Gasteiger partial charge >= 0.3 is 5.97 Å². The van der Waals surface area contributed by atoms with Crippen LogP contribution in [0.3, 0.4) is 0 Å². The van der Waals surface area contributed by atoms with Gasteiger partial charge in [-0.1, -0.05) is 37.1 Å². The summed E-state index contributed by atoms with van der Waals surface area (Å²) in [7, 11) is 0. The summed E-state index contributed by atoms with van der Waals surface area (Å²) in [5.41, 5.74) is 7.21. The van der Waals surface area contributed by atoms with E-state index in [-0.39, 0.29) is 5.92 Å². The molecule has 1 fully saturated rings. The first-order valence-electron chi connectivity index (χ1n) is 11.3. The second kappa shape index (κ2) is 9.63. The highest BCUT2D eigenvalue weighted by molar-refractivity contribution is 6.31. The molecule has 0 amide bonds. The Morgan fingerprint density at radius 2 is 2.06 bits per heavy atom. The van der Waals surface area contributed by atoms with Crippen molar-refractivity contribution in [2.24, 2.45) is 11.8 Å². The van der Waals surface area contributed by atoms with E-state index in [0.717, 1.165) is 42.8 Å². The van der Waals surface area contributed by atoms with E-state index in [1.807, 2.05) is 18.3 Å². The van der Waals surface area contributed by atoms with E-state index in [9.17, 15) is 4.79 Å². The van der Waals surface area contributed by atoms with Crippen molar-refractivity contribution in [3.05, 3.63) is 63.4 Å². The largest absolute Gasteiger partial charge is 0.489 e. The molecule has 5 nitrogen and oxygen atoms in total. The van der Waals surface area contributed by atoms with E-state index in [1.54, 1.807) is 0 Å². The van der Waals surface area contributed by atoms with E-state index in [2.05, 4.69) is 42.8 Å². The molecule has 0 atom stereocenters. The van der Waals surface area contributed by atoms with Crippen LogP contribution in [-0.4, -0.2) is 40.6 Å². The Morgan fingerprint density at radius 1 is 1.28 bits per heavy atom. The summed E-state index contributed by atoms with van der Waals surface area (Å²) in [6, 6.07) is 8.26. The number of ether oxygens (including phenoxy) is 1. The van der Waals surface area contributed by atoms with Crippen LogP contribution in [0.5, 0.6) is 5.75 Å². The minimum Gasteiger partial charge on any atom is -0.489 e. The highest BCUT2D eigenvalue weighted by atomic mass is 35.5. The van der Waals surface area contributed by atoms with Gasteiger partial charge in [0.15, 0.2) is 0 Å². The molecule has 2 heterocycles. The topological polar surface area (TPSA) is 62.7 Å². The first-order chi connectivity index (χ1) is 15.3. The number of aromatic nitrogens is 1. The SMILES string of the molecule is CC1=C(CN2CC(C(=O)O)C2)CCc2cc(OCc3cnc(CC(C)C)c(Cl)c3)ccc21. The summed E-state index contributed by atoms with van der Waals surface area (Å²) in [5, 5.41) is 9.78. The third-order valence-corrected chi connectivity index (χ3v) is 6.74. The molecule has 4 rings (SSSR count). The van der Waals surface area contributed by atoms with Gasteiger partial charge in [0.05, 0.1) is 16.6 Å². The molecule has 0 radical (unpaired) electrons. The Balaban J connectivity index is 1.38. The quantitative estimate of drug-likeness (QED) is 0.590. The van der Waals surface area contributed by atoms with Crippen molar-refractivity contribution in [2.45, 2.75) is 46.6 Å². The summed E-state index contributed by atoms with van der Waals surface area (Å²) < 4.78 is 6.04. The van der Waals surface area contributed by atoms with E-state index >= 15 is 0 Å². The maximum atomic E-state index is 11.0. The molecular weight excluding hydrogens is 424 g/mol. The van der Waals surface area contributed by atoms with Crippen molar-refractivity contribution in [2.75, 3.05) is 19.6 Å². The average molecular weight is 455 g/mol. The third-order valence-electron chi connectivity index (χ3n) is 6.41. The minimum absolute atomic E-state index is 0.206. The Labute approximate surface area is 195 Å². The molecule has 1 aliphatic heterocycles. The fourth-order valence-corrected chi connectivity index (χ4v) is 4.77. The van der Waals surface area contributed by atoms with Crippen LogP contribution in [0, 0.1) is 11.8 Å². The van der Waals surface area contributed by atoms with Crippen molar-refractivity contribution in [1.82, 2.24) is 9.88 Å². The third kappa shape index (κ3) is 5.16. The molecule has 170 valence electrons. The van der Waals surface area contributed by atoms with Crippen LogP contribution in [0.25, 0.3) is 5.57 Å². The maximum absolute atomic E-state index is 11.0. The van der Waals surface area contributed by atoms with E-state index in [1.165, 1.54) is 22.3 Å². The zero-order chi connectivity index (χ0) is 22.8. The van der Waals surface area contributed by atoms with Crippen molar-refractivity contribution < 1.29 is 14.6 Å². The first kappa shape index (κ1) is 22.8. The Bertz CT molecular complexity index is 1040. The number of fused-ring (bicyclic) bond motifs is 1. The van der Waals surface area contributed by atoms with Crippen molar-refractivity contribution >= 4 is 23.1 Å². The van der Waals surface area contributed by atoms with Gasteiger partial charge in [0, 0.05) is 31.4 Å². The highest BCUT2D eigenvalue weighted by Gasteiger charge is 2.33.